The Kier molecular flexibility index (Phi) is 2.90. The molecule has 1 aliphatic heterocycles. The molecule has 0 spiro atoms. The van der Waals surface area contributed by atoms with Gasteiger partial charge < -0.3 is 5.11 Å². The number of hydrazine groups is 1. The summed E-state index contributed by atoms with van der Waals surface area (Å²) >= 11 is 0. The second kappa shape index (κ2) is 4.18. The van der Waals surface area contributed by atoms with Gasteiger partial charge in [0.25, 0.3) is 0 Å². The molecule has 1 aliphatic carbocycles. The quantitative estimate of drug-likeness (QED) is 0.706. The SMILES string of the molecule is O=C(O)CCN1NC(C2CCC2)CC1=O. The van der Waals surface area contributed by atoms with Gasteiger partial charge >= 0.3 is 5.97 Å². The van der Waals surface area contributed by atoms with Crippen molar-refractivity contribution < 1.29 is 14.7 Å². The van der Waals surface area contributed by atoms with Crippen LogP contribution in [0.25, 0.3) is 0 Å². The van der Waals surface area contributed by atoms with Crippen molar-refractivity contribution in [1.29, 1.82) is 0 Å². The molecule has 0 aromatic rings. The van der Waals surface area contributed by atoms with E-state index in [4.69, 9.17) is 5.11 Å². The Labute approximate surface area is 88.4 Å². The zero-order valence-corrected chi connectivity index (χ0v) is 8.61. The van der Waals surface area contributed by atoms with Crippen LogP contribution in [0.15, 0.2) is 0 Å². The summed E-state index contributed by atoms with van der Waals surface area (Å²) in [6.07, 6.45) is 4.18. The number of nitrogens with zero attached hydrogens (tertiary/aromatic N) is 1. The van der Waals surface area contributed by atoms with E-state index in [0.717, 1.165) is 0 Å². The van der Waals surface area contributed by atoms with Crippen LogP contribution in [0.3, 0.4) is 0 Å². The monoisotopic (exact) mass is 212 g/mol. The third-order valence-corrected chi connectivity index (χ3v) is 3.29. The van der Waals surface area contributed by atoms with Gasteiger partial charge in [-0.05, 0) is 18.8 Å². The highest BCUT2D eigenvalue weighted by molar-refractivity contribution is 5.79. The minimum atomic E-state index is -0.864. The predicted molar refractivity (Wildman–Crippen MR) is 52.8 cm³/mol. The molecule has 84 valence electrons. The largest absolute Gasteiger partial charge is 0.481 e. The molecule has 1 amide bonds. The van der Waals surface area contributed by atoms with Crippen molar-refractivity contribution >= 4 is 11.9 Å². The van der Waals surface area contributed by atoms with Gasteiger partial charge in [0.1, 0.15) is 0 Å². The number of hydrogen-bond acceptors (Lipinski definition) is 3. The lowest BCUT2D eigenvalue weighted by Gasteiger charge is -2.31. The van der Waals surface area contributed by atoms with Crippen molar-refractivity contribution in [2.24, 2.45) is 5.92 Å². The molecule has 5 heteroatoms. The van der Waals surface area contributed by atoms with Crippen molar-refractivity contribution in [3.63, 3.8) is 0 Å². The van der Waals surface area contributed by atoms with E-state index >= 15 is 0 Å². The maximum absolute atomic E-state index is 11.5. The molecule has 1 heterocycles. The number of hydrogen-bond donors (Lipinski definition) is 2. The number of carboxylic acids is 1. The molecular formula is C10H16N2O3. The molecule has 2 N–H and O–H groups in total. The Morgan fingerprint density at radius 1 is 1.53 bits per heavy atom. The van der Waals surface area contributed by atoms with Crippen LogP contribution in [0.1, 0.15) is 32.1 Å². The van der Waals surface area contributed by atoms with Crippen LogP contribution in [-0.2, 0) is 9.59 Å². The summed E-state index contributed by atoms with van der Waals surface area (Å²) < 4.78 is 0. The number of aliphatic carboxylic acids is 1. The second-order valence-electron chi connectivity index (χ2n) is 4.32. The topological polar surface area (TPSA) is 69.6 Å². The molecule has 1 saturated carbocycles. The highest BCUT2D eigenvalue weighted by Crippen LogP contribution is 2.33. The molecule has 0 aromatic carbocycles. The van der Waals surface area contributed by atoms with Gasteiger partial charge in [0, 0.05) is 19.0 Å². The van der Waals surface area contributed by atoms with Crippen molar-refractivity contribution in [3.05, 3.63) is 0 Å². The number of rotatable bonds is 4. The van der Waals surface area contributed by atoms with Crippen LogP contribution >= 0.6 is 0 Å². The number of carbonyl (C=O) groups is 2. The molecule has 15 heavy (non-hydrogen) atoms. The average molecular weight is 212 g/mol. The summed E-state index contributed by atoms with van der Waals surface area (Å²) in [6.45, 7) is 0.275. The Morgan fingerprint density at radius 2 is 2.27 bits per heavy atom. The minimum absolute atomic E-state index is 0.0100. The summed E-state index contributed by atoms with van der Waals surface area (Å²) in [4.78, 5) is 21.9. The Bertz CT molecular complexity index is 276. The average Bonchev–Trinajstić information content (AvgIpc) is 2.40. The maximum Gasteiger partial charge on any atom is 0.305 e. The maximum atomic E-state index is 11.5. The lowest BCUT2D eigenvalue weighted by atomic mass is 9.79. The van der Waals surface area contributed by atoms with Gasteiger partial charge in [-0.25, -0.2) is 5.43 Å². The van der Waals surface area contributed by atoms with E-state index in [1.165, 1.54) is 24.3 Å². The third-order valence-electron chi connectivity index (χ3n) is 3.29. The molecule has 0 bridgehead atoms. The summed E-state index contributed by atoms with van der Waals surface area (Å²) in [5.41, 5.74) is 3.12. The summed E-state index contributed by atoms with van der Waals surface area (Å²) in [7, 11) is 0. The van der Waals surface area contributed by atoms with Crippen molar-refractivity contribution in [3.8, 4) is 0 Å². The van der Waals surface area contributed by atoms with Crippen LogP contribution in [0, 0.1) is 5.92 Å². The van der Waals surface area contributed by atoms with Crippen molar-refractivity contribution in [2.75, 3.05) is 6.54 Å². The molecule has 2 fully saturated rings. The van der Waals surface area contributed by atoms with Crippen LogP contribution < -0.4 is 5.43 Å². The fraction of sp³-hybridized carbons (Fsp3) is 0.800. The zero-order valence-electron chi connectivity index (χ0n) is 8.61. The Hall–Kier alpha value is -1.10. The van der Waals surface area contributed by atoms with Gasteiger partial charge in [-0.2, -0.15) is 0 Å². The molecule has 1 atom stereocenters. The van der Waals surface area contributed by atoms with Crippen molar-refractivity contribution in [2.45, 2.75) is 38.1 Å². The van der Waals surface area contributed by atoms with Crippen LogP contribution in [-0.4, -0.2) is 34.6 Å². The van der Waals surface area contributed by atoms with Crippen LogP contribution in [0.4, 0.5) is 0 Å². The standard InChI is InChI=1S/C10H16N2O3/c13-9-6-8(7-2-1-3-7)11-12(9)5-4-10(14)15/h7-8,11H,1-6H2,(H,14,15). The molecule has 1 saturated heterocycles. The third kappa shape index (κ3) is 2.28. The molecule has 0 aromatic heterocycles. The van der Waals surface area contributed by atoms with E-state index in [2.05, 4.69) is 5.43 Å². The fourth-order valence-electron chi connectivity index (χ4n) is 2.13. The highest BCUT2D eigenvalue weighted by atomic mass is 16.4. The van der Waals surface area contributed by atoms with Gasteiger partial charge in [0.05, 0.1) is 6.42 Å². The van der Waals surface area contributed by atoms with E-state index in [1.807, 2.05) is 0 Å². The number of carbonyl (C=O) groups excluding carboxylic acids is 1. The normalized spacial score (nSPS) is 26.8. The van der Waals surface area contributed by atoms with Gasteiger partial charge in [-0.1, -0.05) is 6.42 Å². The number of amides is 1. The van der Waals surface area contributed by atoms with Crippen molar-refractivity contribution in [1.82, 2.24) is 10.4 Å². The molecule has 2 aliphatic rings. The Morgan fingerprint density at radius 3 is 2.80 bits per heavy atom. The molecule has 0 radical (unpaired) electrons. The first-order valence-corrected chi connectivity index (χ1v) is 5.45. The molecular weight excluding hydrogens is 196 g/mol. The van der Waals surface area contributed by atoms with Gasteiger partial charge in [-0.3, -0.25) is 14.6 Å². The second-order valence-corrected chi connectivity index (χ2v) is 4.32. The van der Waals surface area contributed by atoms with E-state index in [-0.39, 0.29) is 24.9 Å². The first-order valence-electron chi connectivity index (χ1n) is 5.45. The number of nitrogens with one attached hydrogen (secondary N) is 1. The van der Waals surface area contributed by atoms with Gasteiger partial charge in [0.15, 0.2) is 0 Å². The lowest BCUT2D eigenvalue weighted by molar-refractivity contribution is -0.138. The smallest absolute Gasteiger partial charge is 0.305 e. The first-order chi connectivity index (χ1) is 7.16. The van der Waals surface area contributed by atoms with E-state index in [0.29, 0.717) is 12.3 Å². The van der Waals surface area contributed by atoms with E-state index in [1.54, 1.807) is 0 Å². The fourth-order valence-corrected chi connectivity index (χ4v) is 2.13. The highest BCUT2D eigenvalue weighted by Gasteiger charge is 2.36. The van der Waals surface area contributed by atoms with Crippen LogP contribution in [0.5, 0.6) is 0 Å². The molecule has 1 unspecified atom stereocenters. The molecule has 5 nitrogen and oxygen atoms in total. The summed E-state index contributed by atoms with van der Waals surface area (Å²) in [5.74, 6) is -0.214. The lowest BCUT2D eigenvalue weighted by Crippen LogP contribution is -2.42. The van der Waals surface area contributed by atoms with Gasteiger partial charge in [-0.15, -0.1) is 0 Å². The number of carboxylic acid groups (broad SMARTS) is 1. The summed E-state index contributed by atoms with van der Waals surface area (Å²) in [6, 6.07) is 0.250. The van der Waals surface area contributed by atoms with Gasteiger partial charge in [0.2, 0.25) is 5.91 Å². The van der Waals surface area contributed by atoms with E-state index < -0.39 is 5.97 Å². The Balaban J connectivity index is 1.81. The minimum Gasteiger partial charge on any atom is -0.481 e. The zero-order chi connectivity index (χ0) is 10.8. The first kappa shape index (κ1) is 10.4. The van der Waals surface area contributed by atoms with Crippen LogP contribution in [0.2, 0.25) is 0 Å². The molecule has 2 rings (SSSR count). The van der Waals surface area contributed by atoms with E-state index in [9.17, 15) is 9.59 Å². The summed E-state index contributed by atoms with van der Waals surface area (Å²) in [5, 5.41) is 10.00. The predicted octanol–water partition coefficient (Wildman–Crippen LogP) is 0.367.